The van der Waals surface area contributed by atoms with Gasteiger partial charge in [-0.25, -0.2) is 8.42 Å². The van der Waals surface area contributed by atoms with Crippen LogP contribution in [0.25, 0.3) is 0 Å². The normalized spacial score (nSPS) is 11.7. The van der Waals surface area contributed by atoms with Crippen LogP contribution in [0.5, 0.6) is 0 Å². The fourth-order valence-corrected chi connectivity index (χ4v) is 1.21. The Balaban J connectivity index is 0. The first-order valence-corrected chi connectivity index (χ1v) is 5.92. The molecule has 0 bridgehead atoms. The summed E-state index contributed by atoms with van der Waals surface area (Å²) in [6, 6.07) is 0. The third-order valence-corrected chi connectivity index (χ3v) is 2.33. The van der Waals surface area contributed by atoms with E-state index < -0.39 is 21.3 Å². The van der Waals surface area contributed by atoms with Crippen molar-refractivity contribution in [1.82, 2.24) is 5.32 Å². The van der Waals surface area contributed by atoms with Crippen LogP contribution < -0.4 is 5.32 Å². The Morgan fingerprint density at radius 1 is 1.33 bits per heavy atom. The topological polar surface area (TPSA) is 86.3 Å². The van der Waals surface area contributed by atoms with Crippen molar-refractivity contribution in [3.63, 3.8) is 0 Å². The second-order valence-corrected chi connectivity index (χ2v) is 5.64. The van der Waals surface area contributed by atoms with Crippen molar-refractivity contribution in [3.8, 4) is 0 Å². The third-order valence-electron chi connectivity index (χ3n) is 1.54. The molecule has 0 aliphatic carbocycles. The fraction of sp³-hybridized carbons (Fsp3) is 0.875. The maximum atomic E-state index is 11.3. The van der Waals surface area contributed by atoms with Crippen LogP contribution in [0, 0.1) is 5.41 Å². The molecule has 0 aromatic heterocycles. The molecule has 0 atom stereocenters. The molecule has 84 valence electrons. The molecule has 7 heteroatoms. The minimum atomic E-state index is -4.16. The van der Waals surface area contributed by atoms with Gasteiger partial charge >= 0.3 is 37.7 Å². The summed E-state index contributed by atoms with van der Waals surface area (Å²) in [5, 5.41) is 2.55. The van der Waals surface area contributed by atoms with E-state index in [0.29, 0.717) is 0 Å². The first kappa shape index (κ1) is 18.0. The predicted octanol–water partition coefficient (Wildman–Crippen LogP) is -0.297. The van der Waals surface area contributed by atoms with Gasteiger partial charge in [0.05, 0.1) is 10.1 Å². The van der Waals surface area contributed by atoms with Gasteiger partial charge in [-0.15, -0.1) is 0 Å². The van der Waals surface area contributed by atoms with Gasteiger partial charge in [0.1, 0.15) is 0 Å². The van der Waals surface area contributed by atoms with E-state index in [9.17, 15) is 17.8 Å². The number of rotatable bonds is 4. The SMILES string of the molecule is CC(C)(C)C(=O)NCCCS(=O)(=O)[O-].[Ca+2]. The third kappa shape index (κ3) is 10.9. The average Bonchev–Trinajstić information content (AvgIpc) is 1.93. The van der Waals surface area contributed by atoms with Crippen molar-refractivity contribution in [2.45, 2.75) is 27.2 Å². The van der Waals surface area contributed by atoms with Crippen molar-refractivity contribution in [3.05, 3.63) is 0 Å². The minimum Gasteiger partial charge on any atom is -0.748 e. The molecule has 0 radical (unpaired) electrons. The molecule has 0 saturated heterocycles. The molecule has 0 unspecified atom stereocenters. The molecular formula is C8H16CaNO4S+. The number of amides is 1. The van der Waals surface area contributed by atoms with E-state index in [-0.39, 0.29) is 56.6 Å². The van der Waals surface area contributed by atoms with Gasteiger partial charge in [0.15, 0.2) is 0 Å². The zero-order valence-corrected chi connectivity index (χ0v) is 12.4. The van der Waals surface area contributed by atoms with Crippen LogP contribution in [-0.4, -0.2) is 68.9 Å². The number of nitrogens with one attached hydrogen (secondary N) is 1. The first-order valence-electron chi connectivity index (χ1n) is 4.35. The molecule has 0 spiro atoms. The van der Waals surface area contributed by atoms with Gasteiger partial charge in [-0.1, -0.05) is 20.8 Å². The fourth-order valence-electron chi connectivity index (χ4n) is 0.716. The molecule has 0 aliphatic rings. The number of hydrogen-bond donors (Lipinski definition) is 1. The molecular weight excluding hydrogens is 246 g/mol. The van der Waals surface area contributed by atoms with E-state index in [0.717, 1.165) is 0 Å². The molecule has 0 rings (SSSR count). The smallest absolute Gasteiger partial charge is 0.748 e. The van der Waals surface area contributed by atoms with E-state index in [4.69, 9.17) is 0 Å². The quantitative estimate of drug-likeness (QED) is 0.428. The molecule has 1 amide bonds. The Morgan fingerprint density at radius 3 is 2.13 bits per heavy atom. The molecule has 0 aliphatic heterocycles. The summed E-state index contributed by atoms with van der Waals surface area (Å²) in [5.74, 6) is -0.585. The predicted molar refractivity (Wildman–Crippen MR) is 57.4 cm³/mol. The van der Waals surface area contributed by atoms with Crippen molar-refractivity contribution < 1.29 is 17.8 Å². The summed E-state index contributed by atoms with van der Waals surface area (Å²) in [6.45, 7) is 5.49. The summed E-state index contributed by atoms with van der Waals surface area (Å²) < 4.78 is 30.6. The summed E-state index contributed by atoms with van der Waals surface area (Å²) in [4.78, 5) is 11.3. The van der Waals surface area contributed by atoms with Crippen LogP contribution in [-0.2, 0) is 14.9 Å². The number of hydrogen-bond acceptors (Lipinski definition) is 4. The van der Waals surface area contributed by atoms with E-state index in [1.54, 1.807) is 20.8 Å². The zero-order chi connectivity index (χ0) is 11.4. The van der Waals surface area contributed by atoms with Crippen LogP contribution in [0.4, 0.5) is 0 Å². The Bertz CT molecular complexity index is 294. The molecule has 0 saturated carbocycles. The van der Waals surface area contributed by atoms with Gasteiger partial charge < -0.3 is 9.87 Å². The molecule has 15 heavy (non-hydrogen) atoms. The van der Waals surface area contributed by atoms with Crippen LogP contribution in [0.3, 0.4) is 0 Å². The van der Waals surface area contributed by atoms with E-state index in [1.807, 2.05) is 0 Å². The Labute approximate surface area is 121 Å². The van der Waals surface area contributed by atoms with Crippen LogP contribution in [0.1, 0.15) is 27.2 Å². The second-order valence-electron chi connectivity index (χ2n) is 4.12. The maximum absolute atomic E-state index is 11.3. The molecule has 0 aromatic carbocycles. The summed E-state index contributed by atoms with van der Waals surface area (Å²) >= 11 is 0. The molecule has 0 aromatic rings. The maximum Gasteiger partial charge on any atom is 2.00 e. The second kappa shape index (κ2) is 7.06. The van der Waals surface area contributed by atoms with E-state index in [2.05, 4.69) is 5.32 Å². The van der Waals surface area contributed by atoms with Crippen molar-refractivity contribution in [2.24, 2.45) is 5.41 Å². The Kier molecular flexibility index (Phi) is 8.48. The summed E-state index contributed by atoms with van der Waals surface area (Å²) in [7, 11) is -4.16. The zero-order valence-electron chi connectivity index (χ0n) is 9.37. The summed E-state index contributed by atoms with van der Waals surface area (Å²) in [6.07, 6.45) is 0.160. The Hall–Kier alpha value is 0.640. The largest absolute Gasteiger partial charge is 2.00 e. The molecule has 1 N–H and O–H groups in total. The van der Waals surface area contributed by atoms with Gasteiger partial charge in [-0.3, -0.25) is 4.79 Å². The van der Waals surface area contributed by atoms with E-state index >= 15 is 0 Å². The van der Waals surface area contributed by atoms with Crippen molar-refractivity contribution in [1.29, 1.82) is 0 Å². The standard InChI is InChI=1S/C8H17NO4S.Ca/c1-8(2,3)7(10)9-5-4-6-14(11,12)13;/h4-6H2,1-3H3,(H,9,10)(H,11,12,13);/q;+2/p-1. The van der Waals surface area contributed by atoms with E-state index in [1.165, 1.54) is 0 Å². The van der Waals surface area contributed by atoms with Gasteiger partial charge in [0.2, 0.25) is 5.91 Å². The minimum absolute atomic E-state index is 0. The van der Waals surface area contributed by atoms with Gasteiger partial charge in [-0.05, 0) is 6.42 Å². The Morgan fingerprint density at radius 2 is 1.80 bits per heavy atom. The van der Waals surface area contributed by atoms with Crippen LogP contribution in [0.15, 0.2) is 0 Å². The van der Waals surface area contributed by atoms with Crippen LogP contribution >= 0.6 is 0 Å². The van der Waals surface area contributed by atoms with Crippen LogP contribution in [0.2, 0.25) is 0 Å². The number of carbonyl (C=O) groups excluding carboxylic acids is 1. The van der Waals surface area contributed by atoms with Gasteiger partial charge in [0, 0.05) is 17.7 Å². The molecule has 0 heterocycles. The van der Waals surface area contributed by atoms with Crippen molar-refractivity contribution >= 4 is 53.8 Å². The van der Waals surface area contributed by atoms with Gasteiger partial charge in [0.25, 0.3) is 0 Å². The number of carbonyl (C=O) groups is 1. The van der Waals surface area contributed by atoms with Crippen molar-refractivity contribution in [2.75, 3.05) is 12.3 Å². The average molecular weight is 262 g/mol. The first-order chi connectivity index (χ1) is 6.13. The monoisotopic (exact) mass is 262 g/mol. The van der Waals surface area contributed by atoms with Gasteiger partial charge in [-0.2, -0.15) is 0 Å². The molecule has 0 fully saturated rings. The molecule has 5 nitrogen and oxygen atoms in total. The summed E-state index contributed by atoms with van der Waals surface area (Å²) in [5.41, 5.74) is -0.490.